The number of ether oxygens (including phenoxy) is 1. The van der Waals surface area contributed by atoms with Gasteiger partial charge in [-0.05, 0) is 60.4 Å². The van der Waals surface area contributed by atoms with Gasteiger partial charge in [-0.15, -0.1) is 0 Å². The standard InChI is InChI=1S/C38H40N8O4/c1-50-38(37(49)42-31-11-12-33-32(23-31)35(44-43-33)28-7-9-30(10-8-28)39-18-22-47)15-21-45(25-38)24-34(48)46-19-13-27(14-20-46)26-3-5-29(6-4-26)36-40-16-2-17-41-36/h2-13,16-17,23,39,47H,14-15,18-22,24-25H2,1H3,(H,42,49)(H,43,44)/t38-/m0/s1. The second kappa shape index (κ2) is 14.6. The molecule has 1 saturated heterocycles. The third-order valence-electron chi connectivity index (χ3n) is 9.54. The van der Waals surface area contributed by atoms with Gasteiger partial charge in [0.25, 0.3) is 5.91 Å². The lowest BCUT2D eigenvalue weighted by Gasteiger charge is -2.30. The van der Waals surface area contributed by atoms with E-state index in [0.717, 1.165) is 45.4 Å². The average molecular weight is 673 g/mol. The van der Waals surface area contributed by atoms with Crippen molar-refractivity contribution in [3.8, 4) is 22.6 Å². The van der Waals surface area contributed by atoms with Gasteiger partial charge in [-0.2, -0.15) is 5.10 Å². The summed E-state index contributed by atoms with van der Waals surface area (Å²) in [4.78, 5) is 39.6. The predicted molar refractivity (Wildman–Crippen MR) is 193 cm³/mol. The number of fused-ring (bicyclic) bond motifs is 1. The monoisotopic (exact) mass is 672 g/mol. The lowest BCUT2D eigenvalue weighted by atomic mass is 9.98. The van der Waals surface area contributed by atoms with E-state index in [2.05, 4.69) is 49.0 Å². The molecule has 4 N–H and O–H groups in total. The zero-order valence-corrected chi connectivity index (χ0v) is 27.9. The first kappa shape index (κ1) is 33.1. The van der Waals surface area contributed by atoms with Gasteiger partial charge < -0.3 is 25.4 Å². The molecule has 256 valence electrons. The molecule has 5 aromatic rings. The molecule has 12 nitrogen and oxygen atoms in total. The molecule has 50 heavy (non-hydrogen) atoms. The minimum Gasteiger partial charge on any atom is -0.395 e. The molecular formula is C38H40N8O4. The summed E-state index contributed by atoms with van der Waals surface area (Å²) in [5.74, 6) is 0.496. The van der Waals surface area contributed by atoms with Gasteiger partial charge in [0.1, 0.15) is 0 Å². The van der Waals surface area contributed by atoms with Crippen LogP contribution < -0.4 is 10.6 Å². The van der Waals surface area contributed by atoms with Crippen molar-refractivity contribution < 1.29 is 19.4 Å². The summed E-state index contributed by atoms with van der Waals surface area (Å²) >= 11 is 0. The Balaban J connectivity index is 0.953. The van der Waals surface area contributed by atoms with Gasteiger partial charge in [-0.25, -0.2) is 9.97 Å². The molecule has 1 atom stereocenters. The second-order valence-electron chi connectivity index (χ2n) is 12.6. The summed E-state index contributed by atoms with van der Waals surface area (Å²) in [7, 11) is 1.55. The fraction of sp³-hybridized carbons (Fsp3) is 0.289. The van der Waals surface area contributed by atoms with Gasteiger partial charge in [0.2, 0.25) is 5.91 Å². The molecule has 0 unspecified atom stereocenters. The quantitative estimate of drug-likeness (QED) is 0.160. The number of nitrogens with zero attached hydrogens (tertiary/aromatic N) is 5. The Hall–Kier alpha value is -5.43. The van der Waals surface area contributed by atoms with E-state index in [-0.39, 0.29) is 25.0 Å². The Labute approximate surface area is 290 Å². The molecule has 7 rings (SSSR count). The SMILES string of the molecule is CO[C@@]1(C(=O)Nc2ccc3[nH]nc(-c4ccc(NCCO)cc4)c3c2)CCN(CC(=O)N2CC=C(c3ccc(-c4ncccn4)cc3)CC2)C1. The second-order valence-corrected chi connectivity index (χ2v) is 12.6. The van der Waals surface area contributed by atoms with E-state index in [1.807, 2.05) is 64.4 Å². The summed E-state index contributed by atoms with van der Waals surface area (Å²) in [6.45, 7) is 2.85. The lowest BCUT2D eigenvalue weighted by molar-refractivity contribution is -0.138. The van der Waals surface area contributed by atoms with Crippen LogP contribution in [0.15, 0.2) is 91.3 Å². The molecule has 0 spiro atoms. The topological polar surface area (TPSA) is 149 Å². The van der Waals surface area contributed by atoms with E-state index in [9.17, 15) is 9.59 Å². The molecule has 2 amide bonds. The number of aromatic nitrogens is 4. The van der Waals surface area contributed by atoms with Crippen molar-refractivity contribution in [1.82, 2.24) is 30.0 Å². The van der Waals surface area contributed by atoms with Crippen molar-refractivity contribution in [1.29, 1.82) is 0 Å². The Kier molecular flexibility index (Phi) is 9.65. The van der Waals surface area contributed by atoms with Gasteiger partial charge in [-0.3, -0.25) is 19.6 Å². The number of carbonyl (C=O) groups is 2. The van der Waals surface area contributed by atoms with Gasteiger partial charge >= 0.3 is 0 Å². The number of hydrogen-bond acceptors (Lipinski definition) is 9. The van der Waals surface area contributed by atoms with Crippen LogP contribution in [-0.2, 0) is 14.3 Å². The number of likely N-dealkylation sites (tertiary alicyclic amines) is 1. The maximum absolute atomic E-state index is 13.7. The number of rotatable bonds is 11. The predicted octanol–water partition coefficient (Wildman–Crippen LogP) is 4.44. The summed E-state index contributed by atoms with van der Waals surface area (Å²) in [5.41, 5.74) is 6.34. The van der Waals surface area contributed by atoms with E-state index in [4.69, 9.17) is 9.84 Å². The molecule has 0 radical (unpaired) electrons. The third-order valence-corrected chi connectivity index (χ3v) is 9.54. The van der Waals surface area contributed by atoms with Crippen LogP contribution in [0.3, 0.4) is 0 Å². The van der Waals surface area contributed by atoms with Crippen LogP contribution >= 0.6 is 0 Å². The third kappa shape index (κ3) is 6.99. The number of aliphatic hydroxyl groups is 1. The number of aromatic amines is 1. The van der Waals surface area contributed by atoms with Crippen molar-refractivity contribution in [2.24, 2.45) is 0 Å². The van der Waals surface area contributed by atoms with Crippen LogP contribution in [0.4, 0.5) is 11.4 Å². The number of amides is 2. The fourth-order valence-corrected chi connectivity index (χ4v) is 6.67. The smallest absolute Gasteiger partial charge is 0.258 e. The summed E-state index contributed by atoms with van der Waals surface area (Å²) in [6, 6.07) is 23.5. The van der Waals surface area contributed by atoms with Crippen molar-refractivity contribution in [3.05, 3.63) is 96.8 Å². The number of aliphatic hydroxyl groups excluding tert-OH is 1. The van der Waals surface area contributed by atoms with Gasteiger partial charge in [0.15, 0.2) is 11.4 Å². The summed E-state index contributed by atoms with van der Waals surface area (Å²) in [5, 5.41) is 23.7. The first-order chi connectivity index (χ1) is 24.4. The molecule has 0 bridgehead atoms. The maximum atomic E-state index is 13.7. The van der Waals surface area contributed by atoms with Gasteiger partial charge in [0, 0.05) is 80.1 Å². The largest absolute Gasteiger partial charge is 0.395 e. The number of carbonyl (C=O) groups excluding carboxylic acids is 2. The number of H-pyrrole nitrogens is 1. The van der Waals surface area contributed by atoms with Crippen LogP contribution in [0.25, 0.3) is 39.1 Å². The minimum atomic E-state index is -1.07. The molecule has 0 aliphatic carbocycles. The van der Waals surface area contributed by atoms with Crippen LogP contribution in [0, 0.1) is 0 Å². The van der Waals surface area contributed by atoms with Crippen molar-refractivity contribution in [3.63, 3.8) is 0 Å². The Morgan fingerprint density at radius 3 is 2.42 bits per heavy atom. The highest BCUT2D eigenvalue weighted by Gasteiger charge is 2.45. The minimum absolute atomic E-state index is 0.0411. The van der Waals surface area contributed by atoms with Crippen molar-refractivity contribution >= 4 is 39.7 Å². The van der Waals surface area contributed by atoms with E-state index in [1.165, 1.54) is 5.57 Å². The Bertz CT molecular complexity index is 2000. The molecule has 4 heterocycles. The highest BCUT2D eigenvalue weighted by atomic mass is 16.5. The first-order valence-electron chi connectivity index (χ1n) is 16.8. The summed E-state index contributed by atoms with van der Waals surface area (Å²) < 4.78 is 5.86. The Morgan fingerprint density at radius 2 is 1.70 bits per heavy atom. The number of methoxy groups -OCH3 is 1. The van der Waals surface area contributed by atoms with E-state index < -0.39 is 5.60 Å². The lowest BCUT2D eigenvalue weighted by Crippen LogP contribution is -2.48. The molecule has 2 aliphatic heterocycles. The van der Waals surface area contributed by atoms with Crippen LogP contribution in [-0.4, -0.2) is 105 Å². The molecule has 2 aliphatic rings. The number of benzene rings is 3. The molecule has 3 aromatic carbocycles. The molecule has 12 heteroatoms. The number of nitrogens with one attached hydrogen (secondary N) is 3. The molecule has 1 fully saturated rings. The number of hydrogen-bond donors (Lipinski definition) is 4. The van der Waals surface area contributed by atoms with Crippen molar-refractivity contribution in [2.75, 3.05) is 63.6 Å². The van der Waals surface area contributed by atoms with Gasteiger partial charge in [-0.1, -0.05) is 42.5 Å². The van der Waals surface area contributed by atoms with E-state index >= 15 is 0 Å². The first-order valence-corrected chi connectivity index (χ1v) is 16.8. The summed E-state index contributed by atoms with van der Waals surface area (Å²) in [6.07, 6.45) is 6.84. The highest BCUT2D eigenvalue weighted by molar-refractivity contribution is 6.01. The maximum Gasteiger partial charge on any atom is 0.258 e. The molecular weight excluding hydrogens is 632 g/mol. The van der Waals surface area contributed by atoms with E-state index in [1.54, 1.807) is 25.6 Å². The van der Waals surface area contributed by atoms with Gasteiger partial charge in [0.05, 0.1) is 24.4 Å². The Morgan fingerprint density at radius 1 is 0.960 bits per heavy atom. The normalized spacial score (nSPS) is 17.9. The zero-order chi connectivity index (χ0) is 34.5. The van der Waals surface area contributed by atoms with Crippen molar-refractivity contribution in [2.45, 2.75) is 18.4 Å². The highest BCUT2D eigenvalue weighted by Crippen LogP contribution is 2.32. The number of anilines is 2. The van der Waals surface area contributed by atoms with Crippen LogP contribution in [0.1, 0.15) is 18.4 Å². The van der Waals surface area contributed by atoms with Crippen LogP contribution in [0.2, 0.25) is 0 Å². The molecule has 0 saturated carbocycles. The fourth-order valence-electron chi connectivity index (χ4n) is 6.67. The van der Waals surface area contributed by atoms with Crippen LogP contribution in [0.5, 0.6) is 0 Å². The van der Waals surface area contributed by atoms with E-state index in [0.29, 0.717) is 50.7 Å². The zero-order valence-electron chi connectivity index (χ0n) is 27.9. The average Bonchev–Trinajstić information content (AvgIpc) is 3.79. The molecule has 2 aromatic heterocycles.